The second-order valence-electron chi connectivity index (χ2n) is 2.89. The number of hydrogen-bond donors (Lipinski definition) is 1. The predicted molar refractivity (Wildman–Crippen MR) is 48.9 cm³/mol. The Labute approximate surface area is 81.4 Å². The standard InChI is InChI=1S/C9H12N2O3/c12-7-1-2-8-10-4-6-11(8)5-3-9(13)14/h4,6-7H,1-3,5H2,(H,13,14). The van der Waals surface area contributed by atoms with E-state index in [4.69, 9.17) is 5.11 Å². The molecule has 1 heterocycles. The van der Waals surface area contributed by atoms with Gasteiger partial charge in [0, 0.05) is 31.8 Å². The van der Waals surface area contributed by atoms with Gasteiger partial charge in [-0.05, 0) is 0 Å². The van der Waals surface area contributed by atoms with Crippen molar-refractivity contribution in [2.24, 2.45) is 0 Å². The molecule has 0 bridgehead atoms. The van der Waals surface area contributed by atoms with Gasteiger partial charge in [0.25, 0.3) is 0 Å². The first-order chi connectivity index (χ1) is 6.74. The molecule has 0 spiro atoms. The van der Waals surface area contributed by atoms with Gasteiger partial charge in [-0.2, -0.15) is 0 Å². The number of carbonyl (C=O) groups excluding carboxylic acids is 1. The number of carbonyl (C=O) groups is 2. The van der Waals surface area contributed by atoms with Crippen LogP contribution in [0, 0.1) is 0 Å². The van der Waals surface area contributed by atoms with Crippen molar-refractivity contribution in [3.05, 3.63) is 18.2 Å². The molecule has 0 aliphatic rings. The molecule has 0 atom stereocenters. The van der Waals surface area contributed by atoms with Crippen molar-refractivity contribution in [1.29, 1.82) is 0 Å². The van der Waals surface area contributed by atoms with Crippen molar-refractivity contribution in [1.82, 2.24) is 9.55 Å². The number of carboxylic acids is 1. The van der Waals surface area contributed by atoms with Crippen LogP contribution in [0.2, 0.25) is 0 Å². The molecule has 0 aliphatic heterocycles. The van der Waals surface area contributed by atoms with Crippen LogP contribution in [0.3, 0.4) is 0 Å². The average molecular weight is 196 g/mol. The molecule has 0 fully saturated rings. The van der Waals surface area contributed by atoms with E-state index >= 15 is 0 Å². The van der Waals surface area contributed by atoms with Crippen molar-refractivity contribution in [2.45, 2.75) is 25.8 Å². The summed E-state index contributed by atoms with van der Waals surface area (Å²) in [5.74, 6) is -0.0709. The van der Waals surface area contributed by atoms with Crippen LogP contribution < -0.4 is 0 Å². The Morgan fingerprint density at radius 1 is 1.64 bits per heavy atom. The average Bonchev–Trinajstić information content (AvgIpc) is 2.58. The number of hydrogen-bond acceptors (Lipinski definition) is 3. The fourth-order valence-corrected chi connectivity index (χ4v) is 1.18. The maximum Gasteiger partial charge on any atom is 0.305 e. The maximum atomic E-state index is 10.3. The highest BCUT2D eigenvalue weighted by atomic mass is 16.4. The molecule has 0 saturated heterocycles. The smallest absolute Gasteiger partial charge is 0.305 e. The molecule has 1 aromatic heterocycles. The maximum absolute atomic E-state index is 10.3. The van der Waals surface area contributed by atoms with Crippen molar-refractivity contribution >= 4 is 12.3 Å². The van der Waals surface area contributed by atoms with E-state index < -0.39 is 5.97 Å². The number of nitrogens with zero attached hydrogens (tertiary/aromatic N) is 2. The predicted octanol–water partition coefficient (Wildman–Crippen LogP) is 0.489. The zero-order chi connectivity index (χ0) is 10.4. The normalized spacial score (nSPS) is 10.0. The summed E-state index contributed by atoms with van der Waals surface area (Å²) in [5, 5.41) is 8.49. The highest BCUT2D eigenvalue weighted by molar-refractivity contribution is 5.66. The van der Waals surface area contributed by atoms with Crippen molar-refractivity contribution in [2.75, 3.05) is 0 Å². The van der Waals surface area contributed by atoms with Gasteiger partial charge in [-0.3, -0.25) is 4.79 Å². The van der Waals surface area contributed by atoms with Crippen LogP contribution in [-0.4, -0.2) is 26.9 Å². The van der Waals surface area contributed by atoms with Crippen LogP contribution in [0.15, 0.2) is 12.4 Å². The Balaban J connectivity index is 2.53. The van der Waals surface area contributed by atoms with Crippen LogP contribution in [0.5, 0.6) is 0 Å². The van der Waals surface area contributed by atoms with E-state index in [1.54, 1.807) is 17.0 Å². The number of aryl methyl sites for hydroxylation is 2. The van der Waals surface area contributed by atoms with E-state index in [9.17, 15) is 9.59 Å². The van der Waals surface area contributed by atoms with Gasteiger partial charge < -0.3 is 14.5 Å². The van der Waals surface area contributed by atoms with E-state index in [2.05, 4.69) is 4.98 Å². The lowest BCUT2D eigenvalue weighted by Crippen LogP contribution is -2.07. The van der Waals surface area contributed by atoms with Gasteiger partial charge in [0.2, 0.25) is 0 Å². The lowest BCUT2D eigenvalue weighted by molar-refractivity contribution is -0.137. The van der Waals surface area contributed by atoms with Crippen LogP contribution in [-0.2, 0) is 22.6 Å². The summed E-state index contributed by atoms with van der Waals surface area (Å²) < 4.78 is 1.76. The summed E-state index contributed by atoms with van der Waals surface area (Å²) >= 11 is 0. The molecule has 1 rings (SSSR count). The summed E-state index contributed by atoms with van der Waals surface area (Å²) in [4.78, 5) is 24.5. The third-order valence-corrected chi connectivity index (χ3v) is 1.85. The number of rotatable bonds is 6. The second kappa shape index (κ2) is 5.16. The highest BCUT2D eigenvalue weighted by Crippen LogP contribution is 2.01. The van der Waals surface area contributed by atoms with E-state index in [0.29, 0.717) is 19.4 Å². The summed E-state index contributed by atoms with van der Waals surface area (Å²) in [7, 11) is 0. The van der Waals surface area contributed by atoms with Gasteiger partial charge in [-0.1, -0.05) is 0 Å². The van der Waals surface area contributed by atoms with Gasteiger partial charge >= 0.3 is 5.97 Å². The zero-order valence-corrected chi connectivity index (χ0v) is 7.72. The van der Waals surface area contributed by atoms with Crippen LogP contribution in [0.25, 0.3) is 0 Å². The number of carboxylic acid groups (broad SMARTS) is 1. The molecule has 0 radical (unpaired) electrons. The number of aromatic nitrogens is 2. The number of imidazole rings is 1. The Bertz CT molecular complexity index is 320. The third-order valence-electron chi connectivity index (χ3n) is 1.85. The fourth-order valence-electron chi connectivity index (χ4n) is 1.18. The monoisotopic (exact) mass is 196 g/mol. The molecule has 0 unspecified atom stereocenters. The van der Waals surface area contributed by atoms with Crippen molar-refractivity contribution in [3.8, 4) is 0 Å². The molecule has 1 N–H and O–H groups in total. The number of aldehydes is 1. The minimum Gasteiger partial charge on any atom is -0.481 e. The molecule has 1 aromatic rings. The summed E-state index contributed by atoms with van der Waals surface area (Å²) in [5.41, 5.74) is 0. The SMILES string of the molecule is O=CCCc1nccn1CCC(=O)O. The lowest BCUT2D eigenvalue weighted by atomic mass is 10.3. The Morgan fingerprint density at radius 2 is 2.43 bits per heavy atom. The molecule has 0 aromatic carbocycles. The van der Waals surface area contributed by atoms with Gasteiger partial charge in [-0.25, -0.2) is 4.98 Å². The molecule has 5 nitrogen and oxygen atoms in total. The summed E-state index contributed by atoms with van der Waals surface area (Å²) in [6.07, 6.45) is 5.23. The highest BCUT2D eigenvalue weighted by Gasteiger charge is 2.03. The first kappa shape index (κ1) is 10.4. The van der Waals surface area contributed by atoms with Crippen molar-refractivity contribution < 1.29 is 14.7 Å². The van der Waals surface area contributed by atoms with Crippen LogP contribution in [0.4, 0.5) is 0 Å². The Morgan fingerprint density at radius 3 is 3.07 bits per heavy atom. The topological polar surface area (TPSA) is 72.2 Å². The molecule has 5 heteroatoms. The van der Waals surface area contributed by atoms with Gasteiger partial charge in [0.05, 0.1) is 6.42 Å². The van der Waals surface area contributed by atoms with Crippen molar-refractivity contribution in [3.63, 3.8) is 0 Å². The summed E-state index contributed by atoms with van der Waals surface area (Å²) in [6, 6.07) is 0. The molecular formula is C9H12N2O3. The molecule has 14 heavy (non-hydrogen) atoms. The molecule has 0 saturated carbocycles. The summed E-state index contributed by atoms with van der Waals surface area (Å²) in [6.45, 7) is 0.406. The Kier molecular flexibility index (Phi) is 3.84. The first-order valence-electron chi connectivity index (χ1n) is 4.39. The van der Waals surface area contributed by atoms with E-state index in [1.807, 2.05) is 0 Å². The molecule has 0 aliphatic carbocycles. The quantitative estimate of drug-likeness (QED) is 0.672. The first-order valence-corrected chi connectivity index (χ1v) is 4.39. The van der Waals surface area contributed by atoms with E-state index in [1.165, 1.54) is 0 Å². The van der Waals surface area contributed by atoms with Gasteiger partial charge in [0.15, 0.2) is 0 Å². The van der Waals surface area contributed by atoms with Crippen LogP contribution >= 0.6 is 0 Å². The second-order valence-corrected chi connectivity index (χ2v) is 2.89. The third kappa shape index (κ3) is 3.01. The fraction of sp³-hybridized carbons (Fsp3) is 0.444. The lowest BCUT2D eigenvalue weighted by Gasteiger charge is -2.03. The molecule has 76 valence electrons. The largest absolute Gasteiger partial charge is 0.481 e. The van der Waals surface area contributed by atoms with Crippen LogP contribution in [0.1, 0.15) is 18.7 Å². The van der Waals surface area contributed by atoms with Gasteiger partial charge in [0.1, 0.15) is 12.1 Å². The molecular weight excluding hydrogens is 184 g/mol. The minimum atomic E-state index is -0.833. The zero-order valence-electron chi connectivity index (χ0n) is 7.72. The minimum absolute atomic E-state index is 0.0739. The molecule has 0 amide bonds. The van der Waals surface area contributed by atoms with Gasteiger partial charge in [-0.15, -0.1) is 0 Å². The van der Waals surface area contributed by atoms with E-state index in [0.717, 1.165) is 12.1 Å². The van der Waals surface area contributed by atoms with E-state index in [-0.39, 0.29) is 6.42 Å². The number of aliphatic carboxylic acids is 1. The Hall–Kier alpha value is -1.65.